The fourth-order valence-corrected chi connectivity index (χ4v) is 2.93. The number of piperazine rings is 1. The van der Waals surface area contributed by atoms with Gasteiger partial charge in [0.1, 0.15) is 11.5 Å². The molecule has 1 aliphatic rings. The molecule has 0 saturated carbocycles. The highest BCUT2D eigenvalue weighted by atomic mass is 19.1. The van der Waals surface area contributed by atoms with Crippen molar-refractivity contribution in [3.63, 3.8) is 0 Å². The van der Waals surface area contributed by atoms with Crippen LogP contribution in [0, 0.1) is 12.7 Å². The van der Waals surface area contributed by atoms with Crippen molar-refractivity contribution >= 4 is 5.91 Å². The van der Waals surface area contributed by atoms with Crippen molar-refractivity contribution in [1.29, 1.82) is 0 Å². The summed E-state index contributed by atoms with van der Waals surface area (Å²) in [5, 5.41) is 4.23. The number of halogens is 1. The van der Waals surface area contributed by atoms with Crippen LogP contribution in [0.25, 0.3) is 0 Å². The Bertz CT molecular complexity index is 687. The summed E-state index contributed by atoms with van der Waals surface area (Å²) in [7, 11) is 1.80. The zero-order valence-corrected chi connectivity index (χ0v) is 13.5. The molecular formula is C17H21FN4O. The zero-order chi connectivity index (χ0) is 16.4. The van der Waals surface area contributed by atoms with Crippen LogP contribution < -0.4 is 0 Å². The van der Waals surface area contributed by atoms with Crippen LogP contribution in [0.5, 0.6) is 0 Å². The van der Waals surface area contributed by atoms with E-state index in [2.05, 4.69) is 10.00 Å². The first-order valence-corrected chi connectivity index (χ1v) is 7.79. The van der Waals surface area contributed by atoms with Gasteiger partial charge in [0.05, 0.1) is 5.69 Å². The predicted molar refractivity (Wildman–Crippen MR) is 85.5 cm³/mol. The molecule has 1 fully saturated rings. The molecule has 3 rings (SSSR count). The molecule has 1 saturated heterocycles. The number of nitrogens with zero attached hydrogens (tertiary/aromatic N) is 4. The molecule has 6 heteroatoms. The van der Waals surface area contributed by atoms with Crippen LogP contribution in [0.3, 0.4) is 0 Å². The van der Waals surface area contributed by atoms with Crippen LogP contribution in [0.1, 0.15) is 21.7 Å². The van der Waals surface area contributed by atoms with Crippen molar-refractivity contribution in [2.75, 3.05) is 26.2 Å². The second-order valence-corrected chi connectivity index (χ2v) is 5.99. The van der Waals surface area contributed by atoms with E-state index in [9.17, 15) is 9.18 Å². The largest absolute Gasteiger partial charge is 0.335 e. The predicted octanol–water partition coefficient (Wildman–Crippen LogP) is 1.83. The summed E-state index contributed by atoms with van der Waals surface area (Å²) >= 11 is 0. The minimum Gasteiger partial charge on any atom is -0.335 e. The summed E-state index contributed by atoms with van der Waals surface area (Å²) in [6.45, 7) is 5.71. The Morgan fingerprint density at radius 1 is 1.17 bits per heavy atom. The lowest BCUT2D eigenvalue weighted by atomic mass is 10.2. The van der Waals surface area contributed by atoms with Crippen LogP contribution in [0.4, 0.5) is 4.39 Å². The maximum absolute atomic E-state index is 12.9. The summed E-state index contributed by atoms with van der Waals surface area (Å²) in [5.74, 6) is -0.176. The molecular weight excluding hydrogens is 295 g/mol. The molecule has 1 aliphatic heterocycles. The molecule has 0 atom stereocenters. The normalized spacial score (nSPS) is 15.9. The summed E-state index contributed by atoms with van der Waals surface area (Å²) in [5.41, 5.74) is 2.58. The van der Waals surface area contributed by atoms with Gasteiger partial charge >= 0.3 is 0 Å². The highest BCUT2D eigenvalue weighted by Crippen LogP contribution is 2.12. The molecule has 122 valence electrons. The number of hydrogen-bond acceptors (Lipinski definition) is 3. The Labute approximate surface area is 135 Å². The van der Waals surface area contributed by atoms with Gasteiger partial charge in [0.25, 0.3) is 5.91 Å². The summed E-state index contributed by atoms with van der Waals surface area (Å²) in [6, 6.07) is 8.42. The maximum atomic E-state index is 12.9. The van der Waals surface area contributed by atoms with E-state index < -0.39 is 0 Å². The van der Waals surface area contributed by atoms with Crippen LogP contribution in [0.15, 0.2) is 30.3 Å². The Hall–Kier alpha value is -2.21. The lowest BCUT2D eigenvalue weighted by Crippen LogP contribution is -2.48. The molecule has 0 aliphatic carbocycles. The number of amides is 1. The van der Waals surface area contributed by atoms with Crippen LogP contribution in [-0.2, 0) is 13.6 Å². The zero-order valence-electron chi connectivity index (χ0n) is 13.5. The average Bonchev–Trinajstić information content (AvgIpc) is 2.88. The third-order valence-corrected chi connectivity index (χ3v) is 4.20. The van der Waals surface area contributed by atoms with Gasteiger partial charge < -0.3 is 4.90 Å². The van der Waals surface area contributed by atoms with E-state index in [4.69, 9.17) is 0 Å². The van der Waals surface area contributed by atoms with E-state index in [0.29, 0.717) is 18.8 Å². The van der Waals surface area contributed by atoms with Gasteiger partial charge in [-0.15, -0.1) is 0 Å². The fraction of sp³-hybridized carbons (Fsp3) is 0.412. The lowest BCUT2D eigenvalue weighted by Gasteiger charge is -2.34. The highest BCUT2D eigenvalue weighted by Gasteiger charge is 2.24. The van der Waals surface area contributed by atoms with E-state index in [1.807, 2.05) is 30.0 Å². The molecule has 5 nitrogen and oxygen atoms in total. The maximum Gasteiger partial charge on any atom is 0.272 e. The van der Waals surface area contributed by atoms with Gasteiger partial charge in [-0.2, -0.15) is 5.10 Å². The number of hydrogen-bond donors (Lipinski definition) is 0. The van der Waals surface area contributed by atoms with Crippen LogP contribution in [-0.4, -0.2) is 51.7 Å². The van der Waals surface area contributed by atoms with Gasteiger partial charge in [0, 0.05) is 39.8 Å². The molecule has 0 spiro atoms. The second kappa shape index (κ2) is 6.50. The minimum atomic E-state index is -0.212. The molecule has 0 radical (unpaired) electrons. The van der Waals surface area contributed by atoms with E-state index in [-0.39, 0.29) is 11.7 Å². The van der Waals surface area contributed by atoms with Crippen molar-refractivity contribution in [3.05, 3.63) is 53.1 Å². The Balaban J connectivity index is 1.57. The number of aryl methyl sites for hydroxylation is 2. The molecule has 0 unspecified atom stereocenters. The van der Waals surface area contributed by atoms with Crippen LogP contribution in [0.2, 0.25) is 0 Å². The first-order valence-electron chi connectivity index (χ1n) is 7.79. The molecule has 1 aromatic heterocycles. The number of benzene rings is 1. The Morgan fingerprint density at radius 2 is 1.83 bits per heavy atom. The van der Waals surface area contributed by atoms with Gasteiger partial charge in [0.2, 0.25) is 0 Å². The summed E-state index contributed by atoms with van der Waals surface area (Å²) < 4.78 is 14.6. The van der Waals surface area contributed by atoms with E-state index in [1.54, 1.807) is 11.7 Å². The third-order valence-electron chi connectivity index (χ3n) is 4.20. The summed E-state index contributed by atoms with van der Waals surface area (Å²) in [6.07, 6.45) is 0. The van der Waals surface area contributed by atoms with Gasteiger partial charge in [-0.3, -0.25) is 14.4 Å². The third kappa shape index (κ3) is 3.59. The minimum absolute atomic E-state index is 0.0366. The molecule has 1 aromatic carbocycles. The smallest absolute Gasteiger partial charge is 0.272 e. The quantitative estimate of drug-likeness (QED) is 0.867. The Morgan fingerprint density at radius 3 is 2.39 bits per heavy atom. The first kappa shape index (κ1) is 15.7. The average molecular weight is 316 g/mol. The monoisotopic (exact) mass is 316 g/mol. The van der Waals surface area contributed by atoms with Crippen LogP contribution >= 0.6 is 0 Å². The molecule has 23 heavy (non-hydrogen) atoms. The second-order valence-electron chi connectivity index (χ2n) is 5.99. The molecule has 0 bridgehead atoms. The van der Waals surface area contributed by atoms with Crippen molar-refractivity contribution in [1.82, 2.24) is 19.6 Å². The first-order chi connectivity index (χ1) is 11.0. The van der Waals surface area contributed by atoms with Gasteiger partial charge in [-0.1, -0.05) is 12.1 Å². The van der Waals surface area contributed by atoms with Gasteiger partial charge in [0.15, 0.2) is 0 Å². The van der Waals surface area contributed by atoms with Gasteiger partial charge in [-0.25, -0.2) is 4.39 Å². The highest BCUT2D eigenvalue weighted by molar-refractivity contribution is 5.92. The molecule has 2 aromatic rings. The van der Waals surface area contributed by atoms with Crippen molar-refractivity contribution < 1.29 is 9.18 Å². The summed E-state index contributed by atoms with van der Waals surface area (Å²) in [4.78, 5) is 16.7. The van der Waals surface area contributed by atoms with E-state index >= 15 is 0 Å². The van der Waals surface area contributed by atoms with Crippen molar-refractivity contribution in [2.45, 2.75) is 13.5 Å². The fourth-order valence-electron chi connectivity index (χ4n) is 2.93. The van der Waals surface area contributed by atoms with E-state index in [0.717, 1.165) is 30.9 Å². The standard InChI is InChI=1S/C17H21FN4O/c1-13-11-16(20(2)19-13)17(23)22-9-7-21(8-10-22)12-14-3-5-15(18)6-4-14/h3-6,11H,7-10,12H2,1-2H3. The molecule has 1 amide bonds. The lowest BCUT2D eigenvalue weighted by molar-refractivity contribution is 0.0617. The SMILES string of the molecule is Cc1cc(C(=O)N2CCN(Cc3ccc(F)cc3)CC2)n(C)n1. The van der Waals surface area contributed by atoms with Crippen molar-refractivity contribution in [3.8, 4) is 0 Å². The van der Waals surface area contributed by atoms with Gasteiger partial charge in [-0.05, 0) is 30.7 Å². The molecule has 2 heterocycles. The van der Waals surface area contributed by atoms with E-state index in [1.165, 1.54) is 12.1 Å². The number of rotatable bonds is 3. The molecule has 0 N–H and O–H groups in total. The van der Waals surface area contributed by atoms with Crippen molar-refractivity contribution in [2.24, 2.45) is 7.05 Å². The number of carbonyl (C=O) groups is 1. The number of aromatic nitrogens is 2. The topological polar surface area (TPSA) is 41.4 Å². The number of carbonyl (C=O) groups excluding carboxylic acids is 1. The Kier molecular flexibility index (Phi) is 4.43.